The minimum absolute atomic E-state index is 0.0481. The number of nitrogens with one attached hydrogen (secondary N) is 1. The molecule has 1 saturated heterocycles. The number of hydrogen-bond acceptors (Lipinski definition) is 5. The fourth-order valence-electron chi connectivity index (χ4n) is 4.01. The molecule has 0 bridgehead atoms. The standard InChI is InChI=1S/C28H31N3O4S/c1-2-35-26-15-13-25(14-16-26)29-36(33,34)27-12-6-11-24(22-27)28(32)31-20-18-30(19-21-31)17-7-10-23-8-4-3-5-9-23/h3-16,22,29H,2,17-21H2,1H3. The maximum atomic E-state index is 13.1. The van der Waals surface area contributed by atoms with Crippen LogP contribution in [0.15, 0.2) is 89.8 Å². The molecular formula is C28H31N3O4S. The average Bonchev–Trinajstić information content (AvgIpc) is 2.90. The second-order valence-electron chi connectivity index (χ2n) is 8.50. The first-order chi connectivity index (χ1) is 17.4. The summed E-state index contributed by atoms with van der Waals surface area (Å²) in [5, 5.41) is 0. The Morgan fingerprint density at radius 2 is 1.67 bits per heavy atom. The van der Waals surface area contributed by atoms with Crippen LogP contribution in [0.4, 0.5) is 5.69 Å². The van der Waals surface area contributed by atoms with Crippen molar-refractivity contribution in [2.24, 2.45) is 0 Å². The van der Waals surface area contributed by atoms with Crippen molar-refractivity contribution in [2.45, 2.75) is 11.8 Å². The van der Waals surface area contributed by atoms with Gasteiger partial charge in [0.2, 0.25) is 0 Å². The van der Waals surface area contributed by atoms with E-state index in [2.05, 4.69) is 33.9 Å². The third kappa shape index (κ3) is 6.74. The first-order valence-electron chi connectivity index (χ1n) is 12.0. The highest BCUT2D eigenvalue weighted by Gasteiger charge is 2.23. The van der Waals surface area contributed by atoms with Crippen molar-refractivity contribution in [3.8, 4) is 5.75 Å². The smallest absolute Gasteiger partial charge is 0.261 e. The lowest BCUT2D eigenvalue weighted by atomic mass is 10.1. The molecule has 3 aromatic carbocycles. The highest BCUT2D eigenvalue weighted by atomic mass is 32.2. The predicted molar refractivity (Wildman–Crippen MR) is 143 cm³/mol. The molecule has 1 N–H and O–H groups in total. The Bertz CT molecular complexity index is 1280. The van der Waals surface area contributed by atoms with E-state index < -0.39 is 10.0 Å². The molecule has 0 spiro atoms. The van der Waals surface area contributed by atoms with Crippen molar-refractivity contribution in [1.82, 2.24) is 9.80 Å². The van der Waals surface area contributed by atoms with Gasteiger partial charge in [0.1, 0.15) is 5.75 Å². The fourth-order valence-corrected chi connectivity index (χ4v) is 5.12. The van der Waals surface area contributed by atoms with Gasteiger partial charge in [0, 0.05) is 44.0 Å². The summed E-state index contributed by atoms with van der Waals surface area (Å²) < 4.78 is 33.8. The summed E-state index contributed by atoms with van der Waals surface area (Å²) in [5.74, 6) is 0.507. The maximum Gasteiger partial charge on any atom is 0.261 e. The molecule has 3 aromatic rings. The quantitative estimate of drug-likeness (QED) is 0.468. The summed E-state index contributed by atoms with van der Waals surface area (Å²) in [5.41, 5.74) is 1.95. The molecule has 0 saturated carbocycles. The Morgan fingerprint density at radius 3 is 2.36 bits per heavy atom. The summed E-state index contributed by atoms with van der Waals surface area (Å²) in [7, 11) is -3.84. The summed E-state index contributed by atoms with van der Waals surface area (Å²) in [6.45, 7) is 5.96. The van der Waals surface area contributed by atoms with Crippen LogP contribution in [0.25, 0.3) is 6.08 Å². The molecule has 1 heterocycles. The number of sulfonamides is 1. The van der Waals surface area contributed by atoms with Gasteiger partial charge in [-0.15, -0.1) is 0 Å². The van der Waals surface area contributed by atoms with E-state index in [-0.39, 0.29) is 10.8 Å². The number of piperazine rings is 1. The van der Waals surface area contributed by atoms with E-state index in [0.717, 1.165) is 25.2 Å². The molecule has 1 fully saturated rings. The Hall–Kier alpha value is -3.62. The number of hydrogen-bond donors (Lipinski definition) is 1. The number of amides is 1. The largest absolute Gasteiger partial charge is 0.494 e. The average molecular weight is 506 g/mol. The number of carbonyl (C=O) groups is 1. The third-order valence-corrected chi connectivity index (χ3v) is 7.32. The fraction of sp³-hybridized carbons (Fsp3) is 0.250. The Balaban J connectivity index is 1.34. The molecule has 0 aromatic heterocycles. The molecule has 0 aliphatic carbocycles. The maximum absolute atomic E-state index is 13.1. The van der Waals surface area contributed by atoms with Crippen LogP contribution in [-0.4, -0.2) is 63.5 Å². The number of rotatable bonds is 9. The summed E-state index contributed by atoms with van der Waals surface area (Å²) >= 11 is 0. The van der Waals surface area contributed by atoms with Gasteiger partial charge in [-0.3, -0.25) is 14.4 Å². The van der Waals surface area contributed by atoms with E-state index in [4.69, 9.17) is 4.74 Å². The minimum Gasteiger partial charge on any atom is -0.494 e. The first kappa shape index (κ1) is 25.5. The van der Waals surface area contributed by atoms with Crippen molar-refractivity contribution in [3.63, 3.8) is 0 Å². The Kier molecular flexibility index (Phi) is 8.40. The van der Waals surface area contributed by atoms with E-state index in [0.29, 0.717) is 36.7 Å². The van der Waals surface area contributed by atoms with Crippen LogP contribution in [0.1, 0.15) is 22.8 Å². The highest BCUT2D eigenvalue weighted by Crippen LogP contribution is 2.21. The van der Waals surface area contributed by atoms with Gasteiger partial charge >= 0.3 is 0 Å². The van der Waals surface area contributed by atoms with Crippen molar-refractivity contribution in [2.75, 3.05) is 44.1 Å². The van der Waals surface area contributed by atoms with Gasteiger partial charge in [0.15, 0.2) is 0 Å². The van der Waals surface area contributed by atoms with Gasteiger partial charge in [0.25, 0.3) is 15.9 Å². The second kappa shape index (κ2) is 11.9. The lowest BCUT2D eigenvalue weighted by molar-refractivity contribution is 0.0650. The van der Waals surface area contributed by atoms with E-state index >= 15 is 0 Å². The van der Waals surface area contributed by atoms with Gasteiger partial charge in [-0.05, 0) is 55.0 Å². The monoisotopic (exact) mass is 505 g/mol. The van der Waals surface area contributed by atoms with Crippen molar-refractivity contribution >= 4 is 27.7 Å². The van der Waals surface area contributed by atoms with Crippen LogP contribution >= 0.6 is 0 Å². The van der Waals surface area contributed by atoms with Gasteiger partial charge in [-0.25, -0.2) is 8.42 Å². The van der Waals surface area contributed by atoms with Crippen LogP contribution in [0, 0.1) is 0 Å². The number of anilines is 1. The number of nitrogens with zero attached hydrogens (tertiary/aromatic N) is 2. The van der Waals surface area contributed by atoms with E-state index in [1.807, 2.05) is 25.1 Å². The van der Waals surface area contributed by atoms with Crippen LogP contribution in [-0.2, 0) is 10.0 Å². The Morgan fingerprint density at radius 1 is 0.944 bits per heavy atom. The molecular weight excluding hydrogens is 474 g/mol. The molecule has 188 valence electrons. The topological polar surface area (TPSA) is 78.9 Å². The molecule has 7 nitrogen and oxygen atoms in total. The second-order valence-corrected chi connectivity index (χ2v) is 10.2. The first-order valence-corrected chi connectivity index (χ1v) is 13.5. The minimum atomic E-state index is -3.84. The molecule has 1 aliphatic rings. The number of ether oxygens (including phenoxy) is 1. The van der Waals surface area contributed by atoms with E-state index in [9.17, 15) is 13.2 Å². The van der Waals surface area contributed by atoms with Gasteiger partial charge < -0.3 is 9.64 Å². The molecule has 4 rings (SSSR count). The molecule has 0 atom stereocenters. The molecule has 36 heavy (non-hydrogen) atoms. The molecule has 8 heteroatoms. The lowest BCUT2D eigenvalue weighted by Gasteiger charge is -2.34. The van der Waals surface area contributed by atoms with Gasteiger partial charge in [0.05, 0.1) is 11.5 Å². The lowest BCUT2D eigenvalue weighted by Crippen LogP contribution is -2.48. The van der Waals surface area contributed by atoms with Crippen molar-refractivity contribution < 1.29 is 17.9 Å². The zero-order valence-electron chi connectivity index (χ0n) is 20.3. The third-order valence-electron chi connectivity index (χ3n) is 5.94. The van der Waals surface area contributed by atoms with Crippen LogP contribution in [0.5, 0.6) is 5.75 Å². The van der Waals surface area contributed by atoms with Crippen LogP contribution in [0.3, 0.4) is 0 Å². The summed E-state index contributed by atoms with van der Waals surface area (Å²) in [6, 6.07) is 23.0. The van der Waals surface area contributed by atoms with Crippen molar-refractivity contribution in [3.05, 3.63) is 96.1 Å². The summed E-state index contributed by atoms with van der Waals surface area (Å²) in [6.07, 6.45) is 4.24. The van der Waals surface area contributed by atoms with Crippen molar-refractivity contribution in [1.29, 1.82) is 0 Å². The molecule has 1 aliphatic heterocycles. The van der Waals surface area contributed by atoms with Crippen LogP contribution < -0.4 is 9.46 Å². The molecule has 0 unspecified atom stereocenters. The zero-order chi connectivity index (χ0) is 25.4. The molecule has 1 amide bonds. The van der Waals surface area contributed by atoms with Crippen LogP contribution in [0.2, 0.25) is 0 Å². The van der Waals surface area contributed by atoms with Gasteiger partial charge in [-0.1, -0.05) is 48.6 Å². The predicted octanol–water partition coefficient (Wildman–Crippen LogP) is 4.36. The highest BCUT2D eigenvalue weighted by molar-refractivity contribution is 7.92. The SMILES string of the molecule is CCOc1ccc(NS(=O)(=O)c2cccc(C(=O)N3CCN(CC=Cc4ccccc4)CC3)c2)cc1. The number of carbonyl (C=O) groups excluding carboxylic acids is 1. The summed E-state index contributed by atoms with van der Waals surface area (Å²) in [4.78, 5) is 17.2. The zero-order valence-corrected chi connectivity index (χ0v) is 21.2. The normalized spacial score (nSPS) is 14.6. The van der Waals surface area contributed by atoms with E-state index in [1.54, 1.807) is 41.3 Å². The molecule has 0 radical (unpaired) electrons. The van der Waals surface area contributed by atoms with E-state index in [1.165, 1.54) is 12.1 Å². The number of benzene rings is 3. The van der Waals surface area contributed by atoms with Gasteiger partial charge in [-0.2, -0.15) is 0 Å². The Labute approximate surface area is 213 Å².